The highest BCUT2D eigenvalue weighted by atomic mass is 16.8. The van der Waals surface area contributed by atoms with Gasteiger partial charge in [-0.1, -0.05) is 13.0 Å². The fourth-order valence-corrected chi connectivity index (χ4v) is 4.86. The number of allylic oxidation sites excluding steroid dienone is 1. The molecule has 0 aromatic carbocycles. The van der Waals surface area contributed by atoms with Crippen molar-refractivity contribution in [1.29, 1.82) is 0 Å². The minimum atomic E-state index is -1.41. The molecule has 0 N–H and O–H groups in total. The van der Waals surface area contributed by atoms with Crippen LogP contribution in [0.1, 0.15) is 33.1 Å². The van der Waals surface area contributed by atoms with Crippen molar-refractivity contribution < 1.29 is 85.7 Å². The van der Waals surface area contributed by atoms with Crippen LogP contribution < -0.4 is 0 Å². The summed E-state index contributed by atoms with van der Waals surface area (Å²) in [5, 5.41) is 0. The number of methoxy groups -OCH3 is 1. The standard InChI is InChI=1S/C28H38O18/c1-17(5-4-6-18(2)26(35)36-3)7-8-37-28-25(45-16-34)23(43-14-32)22(42-13-31)20(46-28)10-39-27-24(44-15-33)21(41-12-30)19(9-38-27)40-11-29/h6,11-17,19-25,27-28H,4-5,7-10H2,1-3H3/b18-6+/t17-,19-,20+,21-,22+,23-,24+,25+,27-,28+/m0/s1. The predicted molar refractivity (Wildman–Crippen MR) is 145 cm³/mol. The second-order valence-electron chi connectivity index (χ2n) is 10.1. The molecule has 0 spiro atoms. The van der Waals surface area contributed by atoms with Crippen molar-refractivity contribution in [2.45, 2.75) is 88.4 Å². The topological polar surface area (TPSA) is 221 Å². The zero-order valence-corrected chi connectivity index (χ0v) is 25.4. The van der Waals surface area contributed by atoms with Crippen LogP contribution in [0.25, 0.3) is 0 Å². The minimum absolute atomic E-state index is 0.0427. The van der Waals surface area contributed by atoms with E-state index in [9.17, 15) is 33.6 Å². The van der Waals surface area contributed by atoms with Crippen LogP contribution >= 0.6 is 0 Å². The first-order valence-electron chi connectivity index (χ1n) is 14.1. The number of carbonyl (C=O) groups is 7. The van der Waals surface area contributed by atoms with E-state index in [-0.39, 0.29) is 58.0 Å². The van der Waals surface area contributed by atoms with Gasteiger partial charge in [-0.3, -0.25) is 28.8 Å². The summed E-state index contributed by atoms with van der Waals surface area (Å²) in [4.78, 5) is 78.9. The van der Waals surface area contributed by atoms with Gasteiger partial charge in [0.05, 0.1) is 26.9 Å². The molecule has 2 rings (SSSR count). The Kier molecular flexibility index (Phi) is 17.2. The van der Waals surface area contributed by atoms with Gasteiger partial charge in [-0.05, 0) is 32.1 Å². The minimum Gasteiger partial charge on any atom is -0.466 e. The molecule has 2 fully saturated rings. The van der Waals surface area contributed by atoms with Crippen LogP contribution in [-0.2, 0) is 85.7 Å². The van der Waals surface area contributed by atoms with Crippen LogP contribution in [0.2, 0.25) is 0 Å². The average Bonchev–Trinajstić information content (AvgIpc) is 3.04. The van der Waals surface area contributed by atoms with Gasteiger partial charge in [0.2, 0.25) is 0 Å². The average molecular weight is 663 g/mol. The molecule has 2 heterocycles. The zero-order valence-electron chi connectivity index (χ0n) is 25.4. The van der Waals surface area contributed by atoms with E-state index in [4.69, 9.17) is 47.4 Å². The summed E-state index contributed by atoms with van der Waals surface area (Å²) < 4.78 is 57.9. The molecule has 0 unspecified atom stereocenters. The summed E-state index contributed by atoms with van der Waals surface area (Å²) in [6, 6.07) is 0. The van der Waals surface area contributed by atoms with E-state index in [1.165, 1.54) is 7.11 Å². The van der Waals surface area contributed by atoms with Gasteiger partial charge in [0.25, 0.3) is 38.8 Å². The number of ether oxygens (including phenoxy) is 11. The van der Waals surface area contributed by atoms with Gasteiger partial charge in [0, 0.05) is 5.57 Å². The van der Waals surface area contributed by atoms with Gasteiger partial charge < -0.3 is 52.1 Å². The smallest absolute Gasteiger partial charge is 0.333 e. The van der Waals surface area contributed by atoms with E-state index in [2.05, 4.69) is 4.74 Å². The van der Waals surface area contributed by atoms with E-state index in [0.717, 1.165) is 0 Å². The third kappa shape index (κ3) is 11.0. The molecule has 10 atom stereocenters. The molecule has 2 saturated heterocycles. The fraction of sp³-hybridized carbons (Fsp3) is 0.679. The maximum Gasteiger partial charge on any atom is 0.333 e. The van der Waals surface area contributed by atoms with Gasteiger partial charge in [-0.2, -0.15) is 0 Å². The third-order valence-corrected chi connectivity index (χ3v) is 7.20. The monoisotopic (exact) mass is 662 g/mol. The molecule has 2 aliphatic heterocycles. The molecule has 0 aromatic rings. The second-order valence-corrected chi connectivity index (χ2v) is 10.1. The highest BCUT2D eigenvalue weighted by Gasteiger charge is 2.52. The van der Waals surface area contributed by atoms with Gasteiger partial charge in [0.15, 0.2) is 49.2 Å². The molecule has 0 amide bonds. The van der Waals surface area contributed by atoms with Gasteiger partial charge >= 0.3 is 5.97 Å². The SMILES string of the molecule is COC(=O)/C(C)=C/CC[C@H](C)CCO[C@@H]1O[C@H](CO[C@@H]2OC[C@H](OC=O)[C@H](OC=O)[C@H]2OC=O)[C@@H](OC=O)[C@H](OC=O)[C@H]1OC=O. The Hall–Kier alpha value is -4.13. The van der Waals surface area contributed by atoms with Crippen molar-refractivity contribution in [3.8, 4) is 0 Å². The molecular formula is C28H38O18. The Morgan fingerprint density at radius 1 is 0.739 bits per heavy atom. The molecule has 2 aliphatic rings. The summed E-state index contributed by atoms with van der Waals surface area (Å²) in [6.45, 7) is 3.30. The van der Waals surface area contributed by atoms with Crippen molar-refractivity contribution in [2.75, 3.05) is 26.9 Å². The first-order chi connectivity index (χ1) is 22.3. The predicted octanol–water partition coefficient (Wildman–Crippen LogP) is -0.724. The molecular weight excluding hydrogens is 624 g/mol. The van der Waals surface area contributed by atoms with E-state index < -0.39 is 67.9 Å². The molecule has 18 heteroatoms. The lowest BCUT2D eigenvalue weighted by atomic mass is 9.98. The lowest BCUT2D eigenvalue weighted by molar-refractivity contribution is -0.321. The van der Waals surface area contributed by atoms with Gasteiger partial charge in [-0.25, -0.2) is 4.79 Å². The highest BCUT2D eigenvalue weighted by Crippen LogP contribution is 2.30. The van der Waals surface area contributed by atoms with Crippen molar-refractivity contribution >= 4 is 44.8 Å². The molecule has 46 heavy (non-hydrogen) atoms. The van der Waals surface area contributed by atoms with Crippen molar-refractivity contribution in [3.63, 3.8) is 0 Å². The maximum atomic E-state index is 11.6. The van der Waals surface area contributed by atoms with Gasteiger partial charge in [-0.15, -0.1) is 0 Å². The van der Waals surface area contributed by atoms with E-state index in [1.807, 2.05) is 6.92 Å². The van der Waals surface area contributed by atoms with Crippen molar-refractivity contribution in [2.24, 2.45) is 5.92 Å². The fourth-order valence-electron chi connectivity index (χ4n) is 4.86. The van der Waals surface area contributed by atoms with Crippen LogP contribution in [0.3, 0.4) is 0 Å². The summed E-state index contributed by atoms with van der Waals surface area (Å²) in [6.07, 6.45) is -8.42. The first kappa shape index (κ1) is 38.1. The van der Waals surface area contributed by atoms with Crippen LogP contribution in [-0.4, -0.2) is 127 Å². The number of hydrogen-bond acceptors (Lipinski definition) is 18. The molecule has 0 aromatic heterocycles. The Morgan fingerprint density at radius 3 is 1.91 bits per heavy atom. The summed E-state index contributed by atoms with van der Waals surface area (Å²) in [7, 11) is 1.30. The molecule has 0 aliphatic carbocycles. The first-order valence-corrected chi connectivity index (χ1v) is 14.1. The van der Waals surface area contributed by atoms with Gasteiger partial charge in [0.1, 0.15) is 6.10 Å². The number of rotatable bonds is 23. The Morgan fingerprint density at radius 2 is 1.30 bits per heavy atom. The normalized spacial score (nSPS) is 30.0. The Bertz CT molecular complexity index is 1020. The summed E-state index contributed by atoms with van der Waals surface area (Å²) in [5.74, 6) is -0.295. The highest BCUT2D eigenvalue weighted by molar-refractivity contribution is 5.87. The van der Waals surface area contributed by atoms with Crippen LogP contribution in [0.5, 0.6) is 0 Å². The summed E-state index contributed by atoms with van der Waals surface area (Å²) in [5.41, 5.74) is 0.487. The lowest BCUT2D eigenvalue weighted by Crippen LogP contribution is -2.62. The number of carbonyl (C=O) groups excluding carboxylic acids is 7. The molecule has 0 radical (unpaired) electrons. The van der Waals surface area contributed by atoms with Crippen LogP contribution in [0, 0.1) is 5.92 Å². The quantitative estimate of drug-likeness (QED) is 0.0570. The zero-order chi connectivity index (χ0) is 33.9. The van der Waals surface area contributed by atoms with Crippen LogP contribution in [0.4, 0.5) is 0 Å². The lowest BCUT2D eigenvalue weighted by Gasteiger charge is -2.44. The number of hydrogen-bond donors (Lipinski definition) is 0. The van der Waals surface area contributed by atoms with Crippen LogP contribution in [0.15, 0.2) is 11.6 Å². The molecule has 0 bridgehead atoms. The Balaban J connectivity index is 2.18. The number of esters is 1. The molecule has 258 valence electrons. The van der Waals surface area contributed by atoms with E-state index in [0.29, 0.717) is 24.8 Å². The molecule has 18 nitrogen and oxygen atoms in total. The van der Waals surface area contributed by atoms with E-state index in [1.54, 1.807) is 13.0 Å². The largest absolute Gasteiger partial charge is 0.466 e. The van der Waals surface area contributed by atoms with Crippen molar-refractivity contribution in [1.82, 2.24) is 0 Å². The second kappa shape index (κ2) is 20.8. The maximum absolute atomic E-state index is 11.6. The van der Waals surface area contributed by atoms with Crippen molar-refractivity contribution in [3.05, 3.63) is 11.6 Å². The Labute approximate surface area is 263 Å². The summed E-state index contributed by atoms with van der Waals surface area (Å²) >= 11 is 0. The van der Waals surface area contributed by atoms with E-state index >= 15 is 0 Å². The third-order valence-electron chi connectivity index (χ3n) is 7.20. The molecule has 0 saturated carbocycles.